The third-order valence-electron chi connectivity index (χ3n) is 2.81. The van der Waals surface area contributed by atoms with Crippen molar-refractivity contribution in [2.75, 3.05) is 29.6 Å². The minimum absolute atomic E-state index is 0.238. The van der Waals surface area contributed by atoms with Crippen LogP contribution in [0, 0.1) is 0 Å². The maximum absolute atomic E-state index is 12.0. The second kappa shape index (κ2) is 6.88. The molecule has 0 atom stereocenters. The van der Waals surface area contributed by atoms with Crippen molar-refractivity contribution >= 4 is 41.0 Å². The van der Waals surface area contributed by atoms with E-state index in [1.54, 1.807) is 47.8 Å². The van der Waals surface area contributed by atoms with Crippen LogP contribution in [-0.2, 0) is 0 Å². The minimum atomic E-state index is -0.831. The Labute approximate surface area is 126 Å². The van der Waals surface area contributed by atoms with Crippen LogP contribution in [0.2, 0.25) is 5.02 Å². The highest BCUT2D eigenvalue weighted by Gasteiger charge is 2.29. The van der Waals surface area contributed by atoms with Gasteiger partial charge in [-0.2, -0.15) is 23.5 Å². The van der Waals surface area contributed by atoms with Crippen molar-refractivity contribution in [3.8, 4) is 0 Å². The maximum Gasteiger partial charge on any atom is 0.252 e. The Morgan fingerprint density at radius 2 is 1.95 bits per heavy atom. The largest absolute Gasteiger partial charge is 0.386 e. The van der Waals surface area contributed by atoms with Crippen LogP contribution < -0.4 is 5.32 Å². The summed E-state index contributed by atoms with van der Waals surface area (Å²) in [5.74, 6) is 3.17. The average Bonchev–Trinajstić information content (AvgIpc) is 2.62. The van der Waals surface area contributed by atoms with E-state index in [4.69, 9.17) is 11.6 Å². The number of hydrogen-bond donors (Lipinski definition) is 2. The van der Waals surface area contributed by atoms with Crippen molar-refractivity contribution in [2.24, 2.45) is 0 Å². The lowest BCUT2D eigenvalue weighted by Gasteiger charge is -2.25. The molecule has 0 radical (unpaired) electrons. The SMILES string of the molecule is O=C(NCC1(O)CSCCSC1)c1ccccc1Cl. The Hall–Kier alpha value is -0.360. The number of rotatable bonds is 3. The molecule has 1 heterocycles. The molecule has 19 heavy (non-hydrogen) atoms. The molecular weight excluding hydrogens is 302 g/mol. The standard InChI is InChI=1S/C13H16ClNO2S2/c14-11-4-2-1-3-10(11)12(16)15-7-13(17)8-18-5-6-19-9-13/h1-4,17H,5-9H2,(H,15,16). The molecule has 0 spiro atoms. The van der Waals surface area contributed by atoms with Gasteiger partial charge in [-0.05, 0) is 12.1 Å². The van der Waals surface area contributed by atoms with Gasteiger partial charge in [-0.25, -0.2) is 0 Å². The van der Waals surface area contributed by atoms with Gasteiger partial charge in [-0.1, -0.05) is 23.7 Å². The van der Waals surface area contributed by atoms with Gasteiger partial charge in [-0.15, -0.1) is 0 Å². The Morgan fingerprint density at radius 3 is 2.58 bits per heavy atom. The van der Waals surface area contributed by atoms with Gasteiger partial charge < -0.3 is 10.4 Å². The predicted molar refractivity (Wildman–Crippen MR) is 83.4 cm³/mol. The van der Waals surface area contributed by atoms with Gasteiger partial charge in [0.1, 0.15) is 0 Å². The van der Waals surface area contributed by atoms with Gasteiger partial charge in [0.15, 0.2) is 0 Å². The van der Waals surface area contributed by atoms with E-state index in [0.717, 1.165) is 11.5 Å². The molecule has 2 rings (SSSR count). The van der Waals surface area contributed by atoms with Crippen molar-refractivity contribution in [3.05, 3.63) is 34.9 Å². The summed E-state index contributed by atoms with van der Waals surface area (Å²) in [7, 11) is 0. The maximum atomic E-state index is 12.0. The first kappa shape index (κ1) is 15.0. The van der Waals surface area contributed by atoms with Crippen LogP contribution in [0.15, 0.2) is 24.3 Å². The number of thioether (sulfide) groups is 2. The molecule has 6 heteroatoms. The molecule has 0 aromatic heterocycles. The fraction of sp³-hybridized carbons (Fsp3) is 0.462. The van der Waals surface area contributed by atoms with E-state index in [9.17, 15) is 9.90 Å². The van der Waals surface area contributed by atoms with Crippen molar-refractivity contribution in [1.82, 2.24) is 5.32 Å². The summed E-state index contributed by atoms with van der Waals surface area (Å²) >= 11 is 9.42. The number of halogens is 1. The highest BCUT2D eigenvalue weighted by Crippen LogP contribution is 2.24. The van der Waals surface area contributed by atoms with Crippen LogP contribution >= 0.6 is 35.1 Å². The molecule has 1 fully saturated rings. The zero-order chi connectivity index (χ0) is 13.7. The Morgan fingerprint density at radius 1 is 1.32 bits per heavy atom. The van der Waals surface area contributed by atoms with E-state index in [1.807, 2.05) is 0 Å². The Balaban J connectivity index is 1.94. The first-order valence-corrected chi connectivity index (χ1v) is 8.70. The summed E-state index contributed by atoms with van der Waals surface area (Å²) in [5.41, 5.74) is -0.385. The molecular formula is C13H16ClNO2S2. The molecule has 1 aromatic rings. The van der Waals surface area contributed by atoms with Crippen LogP contribution in [0.25, 0.3) is 0 Å². The summed E-state index contributed by atoms with van der Waals surface area (Å²) in [6.07, 6.45) is 0. The summed E-state index contributed by atoms with van der Waals surface area (Å²) in [6.45, 7) is 0.261. The molecule has 1 amide bonds. The average molecular weight is 318 g/mol. The van der Waals surface area contributed by atoms with Crippen molar-refractivity contribution in [3.63, 3.8) is 0 Å². The van der Waals surface area contributed by atoms with Gasteiger partial charge in [0.25, 0.3) is 5.91 Å². The summed E-state index contributed by atoms with van der Waals surface area (Å²) in [6, 6.07) is 6.92. The van der Waals surface area contributed by atoms with E-state index >= 15 is 0 Å². The number of hydrogen-bond acceptors (Lipinski definition) is 4. The molecule has 3 nitrogen and oxygen atoms in total. The van der Waals surface area contributed by atoms with Crippen molar-refractivity contribution in [1.29, 1.82) is 0 Å². The normalized spacial score (nSPS) is 18.6. The Kier molecular flexibility index (Phi) is 5.45. The summed E-state index contributed by atoms with van der Waals surface area (Å²) < 4.78 is 0. The van der Waals surface area contributed by atoms with Gasteiger partial charge in [-0.3, -0.25) is 4.79 Å². The fourth-order valence-electron chi connectivity index (χ4n) is 1.77. The highest BCUT2D eigenvalue weighted by molar-refractivity contribution is 8.03. The lowest BCUT2D eigenvalue weighted by Crippen LogP contribution is -2.46. The number of carbonyl (C=O) groups is 1. The van der Waals surface area contributed by atoms with E-state index in [1.165, 1.54) is 0 Å². The second-order valence-electron chi connectivity index (χ2n) is 4.49. The van der Waals surface area contributed by atoms with Gasteiger partial charge in [0.05, 0.1) is 16.2 Å². The third kappa shape index (κ3) is 4.31. The van der Waals surface area contributed by atoms with E-state index in [0.29, 0.717) is 22.1 Å². The molecule has 0 aliphatic carbocycles. The predicted octanol–water partition coefficient (Wildman–Crippen LogP) is 2.28. The first-order valence-electron chi connectivity index (χ1n) is 6.01. The second-order valence-corrected chi connectivity index (χ2v) is 7.11. The minimum Gasteiger partial charge on any atom is -0.386 e. The van der Waals surface area contributed by atoms with Crippen LogP contribution in [0.4, 0.5) is 0 Å². The van der Waals surface area contributed by atoms with Gasteiger partial charge in [0, 0.05) is 29.6 Å². The van der Waals surface area contributed by atoms with Crippen LogP contribution in [0.5, 0.6) is 0 Å². The molecule has 1 aromatic carbocycles. The van der Waals surface area contributed by atoms with Gasteiger partial charge >= 0.3 is 0 Å². The van der Waals surface area contributed by atoms with Crippen LogP contribution in [-0.4, -0.2) is 46.2 Å². The fourth-order valence-corrected chi connectivity index (χ4v) is 4.52. The molecule has 0 saturated carbocycles. The van der Waals surface area contributed by atoms with E-state index in [-0.39, 0.29) is 12.5 Å². The molecule has 104 valence electrons. The zero-order valence-electron chi connectivity index (χ0n) is 10.4. The highest BCUT2D eigenvalue weighted by atomic mass is 35.5. The van der Waals surface area contributed by atoms with Crippen molar-refractivity contribution in [2.45, 2.75) is 5.60 Å². The number of benzene rings is 1. The number of carbonyl (C=O) groups excluding carboxylic acids is 1. The number of nitrogens with one attached hydrogen (secondary N) is 1. The molecule has 1 aliphatic rings. The van der Waals surface area contributed by atoms with E-state index < -0.39 is 5.60 Å². The lowest BCUT2D eigenvalue weighted by atomic mass is 10.1. The lowest BCUT2D eigenvalue weighted by molar-refractivity contribution is 0.0753. The number of aliphatic hydroxyl groups is 1. The quantitative estimate of drug-likeness (QED) is 0.898. The zero-order valence-corrected chi connectivity index (χ0v) is 12.8. The van der Waals surface area contributed by atoms with Crippen molar-refractivity contribution < 1.29 is 9.90 Å². The molecule has 1 saturated heterocycles. The smallest absolute Gasteiger partial charge is 0.252 e. The molecule has 2 N–H and O–H groups in total. The first-order chi connectivity index (χ1) is 9.11. The number of amides is 1. The molecule has 0 unspecified atom stereocenters. The Bertz CT molecular complexity index is 448. The molecule has 0 bridgehead atoms. The summed E-state index contributed by atoms with van der Waals surface area (Å²) in [5, 5.41) is 13.6. The third-order valence-corrected chi connectivity index (χ3v) is 5.87. The van der Waals surface area contributed by atoms with Crippen LogP contribution in [0.1, 0.15) is 10.4 Å². The molecule has 1 aliphatic heterocycles. The topological polar surface area (TPSA) is 49.3 Å². The monoisotopic (exact) mass is 317 g/mol. The van der Waals surface area contributed by atoms with Gasteiger partial charge in [0.2, 0.25) is 0 Å². The summed E-state index contributed by atoms with van der Waals surface area (Å²) in [4.78, 5) is 12.0. The van der Waals surface area contributed by atoms with E-state index in [2.05, 4.69) is 5.32 Å². The van der Waals surface area contributed by atoms with Crippen LogP contribution in [0.3, 0.4) is 0 Å².